The second-order valence-corrected chi connectivity index (χ2v) is 8.18. The SMILES string of the molecule is CCn1cc(S(=O)(=O)N(CCc2ccccc2)Cc2ccnn2CC)cn1. The normalized spacial score (nSPS) is 12.0. The first-order chi connectivity index (χ1) is 13.0. The van der Waals surface area contributed by atoms with Gasteiger partial charge in [-0.05, 0) is 31.9 Å². The number of benzene rings is 1. The van der Waals surface area contributed by atoms with Crippen molar-refractivity contribution in [3.8, 4) is 0 Å². The molecule has 144 valence electrons. The van der Waals surface area contributed by atoms with Gasteiger partial charge in [0.05, 0.1) is 18.4 Å². The highest BCUT2D eigenvalue weighted by Crippen LogP contribution is 2.19. The second-order valence-electron chi connectivity index (χ2n) is 6.24. The summed E-state index contributed by atoms with van der Waals surface area (Å²) in [7, 11) is -3.65. The standard InChI is InChI=1S/C19H25N5O2S/c1-3-22-16-19(14-21-22)27(25,26)23(13-11-17-8-6-5-7-9-17)15-18-10-12-20-24(18)4-2/h5-10,12,14,16H,3-4,11,13,15H2,1-2H3. The monoisotopic (exact) mass is 387 g/mol. The molecule has 0 N–H and O–H groups in total. The van der Waals surface area contributed by atoms with Crippen LogP contribution in [-0.2, 0) is 36.1 Å². The first-order valence-electron chi connectivity index (χ1n) is 9.11. The zero-order valence-electron chi connectivity index (χ0n) is 15.7. The lowest BCUT2D eigenvalue weighted by atomic mass is 10.1. The highest BCUT2D eigenvalue weighted by atomic mass is 32.2. The van der Waals surface area contributed by atoms with E-state index in [0.717, 1.165) is 11.3 Å². The third-order valence-corrected chi connectivity index (χ3v) is 6.30. The Labute approximate surface area is 160 Å². The Morgan fingerprint density at radius 2 is 1.81 bits per heavy atom. The van der Waals surface area contributed by atoms with E-state index in [0.29, 0.717) is 26.1 Å². The van der Waals surface area contributed by atoms with Crippen LogP contribution in [0.1, 0.15) is 25.1 Å². The van der Waals surface area contributed by atoms with Gasteiger partial charge < -0.3 is 0 Å². The summed E-state index contributed by atoms with van der Waals surface area (Å²) in [5.41, 5.74) is 1.97. The van der Waals surface area contributed by atoms with E-state index in [2.05, 4.69) is 10.2 Å². The van der Waals surface area contributed by atoms with E-state index in [1.807, 2.05) is 54.9 Å². The molecule has 8 heteroatoms. The molecular formula is C19H25N5O2S. The van der Waals surface area contributed by atoms with Crippen LogP contribution in [0.5, 0.6) is 0 Å². The summed E-state index contributed by atoms with van der Waals surface area (Å²) in [5, 5.41) is 8.38. The largest absolute Gasteiger partial charge is 0.272 e. The third kappa shape index (κ3) is 4.45. The van der Waals surface area contributed by atoms with Crippen molar-refractivity contribution >= 4 is 10.0 Å². The molecule has 0 radical (unpaired) electrons. The molecule has 7 nitrogen and oxygen atoms in total. The predicted molar refractivity (Wildman–Crippen MR) is 104 cm³/mol. The Morgan fingerprint density at radius 3 is 2.48 bits per heavy atom. The molecule has 0 saturated carbocycles. The number of sulfonamides is 1. The van der Waals surface area contributed by atoms with Gasteiger partial charge in [0.15, 0.2) is 0 Å². The maximum atomic E-state index is 13.3. The molecule has 3 rings (SSSR count). The predicted octanol–water partition coefficient (Wildman–Crippen LogP) is 2.55. The molecule has 2 heterocycles. The van der Waals surface area contributed by atoms with Gasteiger partial charge in [0, 0.05) is 32.0 Å². The van der Waals surface area contributed by atoms with E-state index >= 15 is 0 Å². The molecule has 0 spiro atoms. The van der Waals surface area contributed by atoms with Crippen LogP contribution in [-0.4, -0.2) is 38.8 Å². The van der Waals surface area contributed by atoms with E-state index in [1.54, 1.807) is 17.1 Å². The Bertz CT molecular complexity index is 963. The number of hydrogen-bond acceptors (Lipinski definition) is 4. The minimum absolute atomic E-state index is 0.222. The Morgan fingerprint density at radius 1 is 1.04 bits per heavy atom. The van der Waals surface area contributed by atoms with Crippen molar-refractivity contribution in [1.29, 1.82) is 0 Å². The average Bonchev–Trinajstić information content (AvgIpc) is 3.35. The van der Waals surface area contributed by atoms with Crippen LogP contribution in [0.2, 0.25) is 0 Å². The molecule has 27 heavy (non-hydrogen) atoms. The molecule has 0 bridgehead atoms. The highest BCUT2D eigenvalue weighted by Gasteiger charge is 2.27. The third-order valence-electron chi connectivity index (χ3n) is 4.51. The molecule has 0 amide bonds. The average molecular weight is 388 g/mol. The minimum atomic E-state index is -3.65. The fourth-order valence-corrected chi connectivity index (χ4v) is 4.31. The van der Waals surface area contributed by atoms with Gasteiger partial charge in [0.2, 0.25) is 10.0 Å². The van der Waals surface area contributed by atoms with Gasteiger partial charge in [-0.2, -0.15) is 14.5 Å². The molecule has 1 aromatic carbocycles. The summed E-state index contributed by atoms with van der Waals surface area (Å²) in [6, 6.07) is 11.8. The van der Waals surface area contributed by atoms with E-state index in [-0.39, 0.29) is 11.4 Å². The summed E-state index contributed by atoms with van der Waals surface area (Å²) in [4.78, 5) is 0.222. The maximum absolute atomic E-state index is 13.3. The molecule has 0 fully saturated rings. The number of aryl methyl sites for hydroxylation is 2. The van der Waals surface area contributed by atoms with Crippen LogP contribution >= 0.6 is 0 Å². The highest BCUT2D eigenvalue weighted by molar-refractivity contribution is 7.89. The van der Waals surface area contributed by atoms with Gasteiger partial charge in [-0.25, -0.2) is 8.42 Å². The first-order valence-corrected chi connectivity index (χ1v) is 10.6. The van der Waals surface area contributed by atoms with Crippen molar-refractivity contribution in [2.45, 2.75) is 44.8 Å². The van der Waals surface area contributed by atoms with E-state index in [1.165, 1.54) is 10.5 Å². The Balaban J connectivity index is 1.88. The lowest BCUT2D eigenvalue weighted by Gasteiger charge is -2.22. The fourth-order valence-electron chi connectivity index (χ4n) is 2.94. The number of nitrogens with zero attached hydrogens (tertiary/aromatic N) is 5. The summed E-state index contributed by atoms with van der Waals surface area (Å²) < 4.78 is 31.5. The topological polar surface area (TPSA) is 73.0 Å². The maximum Gasteiger partial charge on any atom is 0.246 e. The van der Waals surface area contributed by atoms with Crippen molar-refractivity contribution in [2.75, 3.05) is 6.54 Å². The van der Waals surface area contributed by atoms with Crippen LogP contribution in [0, 0.1) is 0 Å². The molecule has 0 aliphatic heterocycles. The summed E-state index contributed by atoms with van der Waals surface area (Å²) in [5.74, 6) is 0. The van der Waals surface area contributed by atoms with Crippen LogP contribution in [0.25, 0.3) is 0 Å². The van der Waals surface area contributed by atoms with Crippen LogP contribution < -0.4 is 0 Å². The zero-order valence-corrected chi connectivity index (χ0v) is 16.5. The van der Waals surface area contributed by atoms with Gasteiger partial charge >= 0.3 is 0 Å². The zero-order chi connectivity index (χ0) is 19.3. The molecule has 2 aromatic heterocycles. The minimum Gasteiger partial charge on any atom is -0.272 e. The number of hydrogen-bond donors (Lipinski definition) is 0. The van der Waals surface area contributed by atoms with Gasteiger partial charge in [0.25, 0.3) is 0 Å². The quantitative estimate of drug-likeness (QED) is 0.566. The smallest absolute Gasteiger partial charge is 0.246 e. The van der Waals surface area contributed by atoms with Crippen molar-refractivity contribution in [1.82, 2.24) is 23.9 Å². The number of aromatic nitrogens is 4. The van der Waals surface area contributed by atoms with Crippen LogP contribution in [0.15, 0.2) is 59.9 Å². The first kappa shape index (κ1) is 19.3. The van der Waals surface area contributed by atoms with E-state index in [9.17, 15) is 8.42 Å². The molecule has 0 aliphatic carbocycles. The van der Waals surface area contributed by atoms with E-state index in [4.69, 9.17) is 0 Å². The molecule has 0 aliphatic rings. The molecule has 0 saturated heterocycles. The molecule has 0 atom stereocenters. The fraction of sp³-hybridized carbons (Fsp3) is 0.368. The molecule has 0 unspecified atom stereocenters. The van der Waals surface area contributed by atoms with Crippen molar-refractivity contribution in [3.63, 3.8) is 0 Å². The number of rotatable bonds is 9. The summed E-state index contributed by atoms with van der Waals surface area (Å²) >= 11 is 0. The van der Waals surface area contributed by atoms with E-state index < -0.39 is 10.0 Å². The van der Waals surface area contributed by atoms with Crippen molar-refractivity contribution in [3.05, 3.63) is 66.2 Å². The van der Waals surface area contributed by atoms with Crippen molar-refractivity contribution in [2.24, 2.45) is 0 Å². The summed E-state index contributed by atoms with van der Waals surface area (Å²) in [6.07, 6.45) is 5.35. The molecule has 3 aromatic rings. The Kier molecular flexibility index (Phi) is 6.08. The van der Waals surface area contributed by atoms with Gasteiger partial charge in [-0.15, -0.1) is 0 Å². The van der Waals surface area contributed by atoms with Gasteiger partial charge in [-0.3, -0.25) is 9.36 Å². The lowest BCUT2D eigenvalue weighted by Crippen LogP contribution is -2.33. The Hall–Kier alpha value is -2.45. The van der Waals surface area contributed by atoms with Gasteiger partial charge in [-0.1, -0.05) is 30.3 Å². The second kappa shape index (κ2) is 8.49. The van der Waals surface area contributed by atoms with Crippen LogP contribution in [0.4, 0.5) is 0 Å². The lowest BCUT2D eigenvalue weighted by molar-refractivity contribution is 0.394. The van der Waals surface area contributed by atoms with Crippen molar-refractivity contribution < 1.29 is 8.42 Å². The van der Waals surface area contributed by atoms with Crippen LogP contribution in [0.3, 0.4) is 0 Å². The summed E-state index contributed by atoms with van der Waals surface area (Å²) in [6.45, 7) is 5.91. The molecular weight excluding hydrogens is 362 g/mol. The van der Waals surface area contributed by atoms with Gasteiger partial charge in [0.1, 0.15) is 4.90 Å².